The van der Waals surface area contributed by atoms with Crippen LogP contribution in [-0.2, 0) is 10.0 Å². The van der Waals surface area contributed by atoms with Crippen molar-refractivity contribution in [3.63, 3.8) is 0 Å². The molecular weight excluding hydrogens is 472 g/mol. The highest BCUT2D eigenvalue weighted by atomic mass is 32.2. The lowest BCUT2D eigenvalue weighted by atomic mass is 10.1. The maximum Gasteiger partial charge on any atom is 0.271 e. The van der Waals surface area contributed by atoms with Gasteiger partial charge < -0.3 is 4.90 Å². The van der Waals surface area contributed by atoms with Gasteiger partial charge in [0.2, 0.25) is 10.0 Å². The Bertz CT molecular complexity index is 1530. The zero-order chi connectivity index (χ0) is 23.9. The molecule has 176 valence electrons. The van der Waals surface area contributed by atoms with E-state index in [2.05, 4.69) is 13.8 Å². The van der Waals surface area contributed by atoms with Crippen molar-refractivity contribution in [2.24, 2.45) is 0 Å². The monoisotopic (exact) mass is 496 g/mol. The first-order valence-corrected chi connectivity index (χ1v) is 13.2. The smallest absolute Gasteiger partial charge is 0.271 e. The van der Waals surface area contributed by atoms with Gasteiger partial charge in [-0.3, -0.25) is 4.79 Å². The Hall–Kier alpha value is -3.15. The third kappa shape index (κ3) is 4.10. The van der Waals surface area contributed by atoms with Crippen molar-refractivity contribution in [1.82, 2.24) is 22.8 Å². The third-order valence-corrected chi connectivity index (χ3v) is 8.64. The van der Waals surface area contributed by atoms with E-state index in [-0.39, 0.29) is 10.5 Å². The van der Waals surface area contributed by atoms with Crippen LogP contribution >= 0.6 is 11.7 Å². The van der Waals surface area contributed by atoms with E-state index in [9.17, 15) is 13.2 Å². The Balaban J connectivity index is 1.40. The van der Waals surface area contributed by atoms with E-state index in [0.717, 1.165) is 22.9 Å². The summed E-state index contributed by atoms with van der Waals surface area (Å²) in [5.41, 5.74) is 3.72. The molecule has 0 saturated carbocycles. The lowest BCUT2D eigenvalue weighted by Crippen LogP contribution is -2.36. The standard InChI is InChI=1S/C23H24N6O3S2/c1-16-7-8-18(15-17(16)2)29-22(30)10-9-21(24-29)27-11-4-12-28(14-13-27)34(31,32)20-6-3-5-19-23(20)26-33-25-19/h3,5-10,15H,4,11-14H2,1-2H3. The lowest BCUT2D eigenvalue weighted by Gasteiger charge is -2.23. The van der Waals surface area contributed by atoms with Crippen LogP contribution in [0.2, 0.25) is 0 Å². The highest BCUT2D eigenvalue weighted by Crippen LogP contribution is 2.26. The fourth-order valence-corrected chi connectivity index (χ4v) is 6.33. The minimum atomic E-state index is -3.72. The molecule has 4 aromatic rings. The van der Waals surface area contributed by atoms with Gasteiger partial charge in [-0.05, 0) is 61.7 Å². The van der Waals surface area contributed by atoms with Crippen molar-refractivity contribution in [3.05, 3.63) is 70.0 Å². The number of benzene rings is 2. The van der Waals surface area contributed by atoms with Gasteiger partial charge in [0.05, 0.1) is 17.4 Å². The molecule has 0 amide bonds. The zero-order valence-corrected chi connectivity index (χ0v) is 20.5. The molecule has 34 heavy (non-hydrogen) atoms. The topological polar surface area (TPSA) is 101 Å². The van der Waals surface area contributed by atoms with Crippen LogP contribution in [0, 0.1) is 13.8 Å². The molecule has 2 aromatic heterocycles. The lowest BCUT2D eigenvalue weighted by molar-refractivity contribution is 0.433. The first-order valence-electron chi connectivity index (χ1n) is 11.0. The van der Waals surface area contributed by atoms with Crippen LogP contribution in [0.1, 0.15) is 17.5 Å². The summed E-state index contributed by atoms with van der Waals surface area (Å²) in [6.45, 7) is 5.81. The quantitative estimate of drug-likeness (QED) is 0.428. The molecule has 0 unspecified atom stereocenters. The Morgan fingerprint density at radius 2 is 1.76 bits per heavy atom. The van der Waals surface area contributed by atoms with Crippen molar-refractivity contribution in [2.45, 2.75) is 25.2 Å². The fourth-order valence-electron chi connectivity index (χ4n) is 4.10. The average Bonchev–Trinajstić information content (AvgIpc) is 3.17. The predicted octanol–water partition coefficient (Wildman–Crippen LogP) is 2.76. The summed E-state index contributed by atoms with van der Waals surface area (Å²) in [5.74, 6) is 0.642. The molecule has 0 N–H and O–H groups in total. The number of hydrogen-bond acceptors (Lipinski definition) is 8. The van der Waals surface area contributed by atoms with E-state index >= 15 is 0 Å². The van der Waals surface area contributed by atoms with Gasteiger partial charge in [0.15, 0.2) is 0 Å². The summed E-state index contributed by atoms with van der Waals surface area (Å²) >= 11 is 1.01. The number of nitrogens with zero attached hydrogens (tertiary/aromatic N) is 6. The van der Waals surface area contributed by atoms with Crippen LogP contribution in [0.5, 0.6) is 0 Å². The second-order valence-corrected chi connectivity index (χ2v) is 10.8. The average molecular weight is 497 g/mol. The van der Waals surface area contributed by atoms with Crippen molar-refractivity contribution in [2.75, 3.05) is 31.1 Å². The van der Waals surface area contributed by atoms with E-state index in [1.54, 1.807) is 24.3 Å². The summed E-state index contributed by atoms with van der Waals surface area (Å²) < 4.78 is 38.1. The van der Waals surface area contributed by atoms with Crippen LogP contribution in [0.15, 0.2) is 58.2 Å². The van der Waals surface area contributed by atoms with Gasteiger partial charge in [0, 0.05) is 32.2 Å². The molecule has 0 atom stereocenters. The van der Waals surface area contributed by atoms with Gasteiger partial charge in [0.1, 0.15) is 21.7 Å². The van der Waals surface area contributed by atoms with Crippen LogP contribution in [0.4, 0.5) is 5.82 Å². The minimum Gasteiger partial charge on any atom is -0.354 e. The number of aromatic nitrogens is 4. The van der Waals surface area contributed by atoms with Gasteiger partial charge >= 0.3 is 0 Å². The molecule has 2 aromatic carbocycles. The maximum absolute atomic E-state index is 13.4. The summed E-state index contributed by atoms with van der Waals surface area (Å²) in [5, 5.41) is 4.60. The molecule has 9 nitrogen and oxygen atoms in total. The first-order chi connectivity index (χ1) is 16.3. The number of aryl methyl sites for hydroxylation is 2. The molecule has 1 aliphatic rings. The molecule has 0 bridgehead atoms. The normalized spacial score (nSPS) is 15.5. The molecule has 1 aliphatic heterocycles. The van der Waals surface area contributed by atoms with Crippen LogP contribution in [0.3, 0.4) is 0 Å². The molecule has 11 heteroatoms. The molecule has 3 heterocycles. The molecule has 0 radical (unpaired) electrons. The summed E-state index contributed by atoms with van der Waals surface area (Å²) in [4.78, 5) is 14.7. The van der Waals surface area contributed by atoms with E-state index in [4.69, 9.17) is 0 Å². The van der Waals surface area contributed by atoms with E-state index in [1.165, 1.54) is 15.1 Å². The van der Waals surface area contributed by atoms with Crippen molar-refractivity contribution in [1.29, 1.82) is 0 Å². The fraction of sp³-hybridized carbons (Fsp3) is 0.304. The van der Waals surface area contributed by atoms with Gasteiger partial charge in [-0.15, -0.1) is 5.10 Å². The second-order valence-electron chi connectivity index (χ2n) is 8.34. The summed E-state index contributed by atoms with van der Waals surface area (Å²) in [6.07, 6.45) is 0.634. The molecule has 0 spiro atoms. The number of rotatable bonds is 4. The number of anilines is 1. The van der Waals surface area contributed by atoms with E-state index < -0.39 is 10.0 Å². The van der Waals surface area contributed by atoms with Gasteiger partial charge in [-0.25, -0.2) is 8.42 Å². The Morgan fingerprint density at radius 1 is 0.912 bits per heavy atom. The third-order valence-electron chi connectivity index (χ3n) is 6.17. The van der Waals surface area contributed by atoms with Crippen molar-refractivity contribution in [3.8, 4) is 5.69 Å². The predicted molar refractivity (Wildman–Crippen MR) is 132 cm³/mol. The molecule has 0 aliphatic carbocycles. The van der Waals surface area contributed by atoms with Crippen molar-refractivity contribution < 1.29 is 8.42 Å². The molecule has 1 fully saturated rings. The van der Waals surface area contributed by atoms with E-state index in [0.29, 0.717) is 55.1 Å². The van der Waals surface area contributed by atoms with Crippen LogP contribution in [0.25, 0.3) is 16.7 Å². The minimum absolute atomic E-state index is 0.189. The van der Waals surface area contributed by atoms with Crippen LogP contribution < -0.4 is 10.5 Å². The largest absolute Gasteiger partial charge is 0.354 e. The maximum atomic E-state index is 13.4. The molecule has 1 saturated heterocycles. The number of sulfonamides is 1. The van der Waals surface area contributed by atoms with Crippen molar-refractivity contribution >= 4 is 38.6 Å². The van der Waals surface area contributed by atoms with Crippen LogP contribution in [-0.4, -0.2) is 57.4 Å². The molecule has 5 rings (SSSR count). The Kier molecular flexibility index (Phi) is 5.92. The summed E-state index contributed by atoms with van der Waals surface area (Å²) in [7, 11) is -3.72. The van der Waals surface area contributed by atoms with Gasteiger partial charge in [-0.2, -0.15) is 17.7 Å². The van der Waals surface area contributed by atoms with Gasteiger partial charge in [-0.1, -0.05) is 12.1 Å². The van der Waals surface area contributed by atoms with Gasteiger partial charge in [0.25, 0.3) is 5.56 Å². The number of fused-ring (bicyclic) bond motifs is 1. The summed E-state index contributed by atoms with van der Waals surface area (Å²) in [6, 6.07) is 14.0. The Morgan fingerprint density at radius 3 is 2.59 bits per heavy atom. The number of hydrogen-bond donors (Lipinski definition) is 0. The first kappa shape index (κ1) is 22.6. The van der Waals surface area contributed by atoms with E-state index in [1.807, 2.05) is 36.9 Å². The SMILES string of the molecule is Cc1ccc(-n2nc(N3CCCN(S(=O)(=O)c4cccc5nsnc45)CC3)ccc2=O)cc1C. The highest BCUT2D eigenvalue weighted by molar-refractivity contribution is 7.89. The molecular formula is C23H24N6O3S2. The second kappa shape index (κ2) is 8.90. The highest BCUT2D eigenvalue weighted by Gasteiger charge is 2.29. The Labute approximate surface area is 201 Å². The zero-order valence-electron chi connectivity index (χ0n) is 18.9.